The van der Waals surface area contributed by atoms with Crippen molar-refractivity contribution in [3.63, 3.8) is 0 Å². The zero-order valence-corrected chi connectivity index (χ0v) is 14.8. The number of halogens is 1. The van der Waals surface area contributed by atoms with E-state index in [1.165, 1.54) is 21.3 Å². The molecule has 1 amide bonds. The molecule has 0 heterocycles. The Morgan fingerprint density at radius 2 is 1.65 bits per heavy atom. The molecule has 0 aliphatic heterocycles. The van der Waals surface area contributed by atoms with Crippen LogP contribution in [0.5, 0.6) is 17.2 Å². The number of hydrogen-bond donors (Lipinski definition) is 1. The van der Waals surface area contributed by atoms with E-state index >= 15 is 0 Å². The standard InChI is InChI=1S/C17H18BrNO4/c1-21-14-9-12(10-15(22-2)17(14)23-3)19-16(20)8-11-6-4-5-7-13(11)18/h4-7,9-10H,8H2,1-3H3,(H,19,20). The third-order valence-corrected chi connectivity index (χ3v) is 4.03. The molecule has 0 atom stereocenters. The Hall–Kier alpha value is -2.21. The highest BCUT2D eigenvalue weighted by Crippen LogP contribution is 2.39. The molecular weight excluding hydrogens is 362 g/mol. The minimum absolute atomic E-state index is 0.133. The third kappa shape index (κ3) is 4.16. The quantitative estimate of drug-likeness (QED) is 0.831. The summed E-state index contributed by atoms with van der Waals surface area (Å²) in [4.78, 5) is 12.2. The second kappa shape index (κ2) is 7.87. The monoisotopic (exact) mass is 379 g/mol. The first-order chi connectivity index (χ1) is 11.1. The first kappa shape index (κ1) is 17.1. The van der Waals surface area contributed by atoms with Crippen LogP contribution in [-0.4, -0.2) is 27.2 Å². The molecule has 2 aromatic carbocycles. The van der Waals surface area contributed by atoms with Crippen molar-refractivity contribution in [3.05, 3.63) is 46.4 Å². The normalized spacial score (nSPS) is 10.1. The first-order valence-corrected chi connectivity index (χ1v) is 7.71. The van der Waals surface area contributed by atoms with E-state index in [0.717, 1.165) is 10.0 Å². The Kier molecular flexibility index (Phi) is 5.87. The molecule has 23 heavy (non-hydrogen) atoms. The molecule has 2 aromatic rings. The van der Waals surface area contributed by atoms with Crippen LogP contribution in [0, 0.1) is 0 Å². The lowest BCUT2D eigenvalue weighted by Gasteiger charge is -2.14. The van der Waals surface area contributed by atoms with Crippen molar-refractivity contribution in [3.8, 4) is 17.2 Å². The lowest BCUT2D eigenvalue weighted by Crippen LogP contribution is -2.15. The molecule has 0 saturated heterocycles. The van der Waals surface area contributed by atoms with Crippen LogP contribution in [0.2, 0.25) is 0 Å². The average Bonchev–Trinajstić information content (AvgIpc) is 2.55. The molecule has 2 rings (SSSR count). The number of rotatable bonds is 6. The van der Waals surface area contributed by atoms with Crippen molar-refractivity contribution in [2.75, 3.05) is 26.6 Å². The fourth-order valence-electron chi connectivity index (χ4n) is 2.17. The summed E-state index contributed by atoms with van der Waals surface area (Å²) in [6.07, 6.45) is 0.262. The van der Waals surface area contributed by atoms with E-state index in [-0.39, 0.29) is 12.3 Å². The molecule has 6 heteroatoms. The van der Waals surface area contributed by atoms with Gasteiger partial charge in [0, 0.05) is 22.3 Å². The maximum atomic E-state index is 12.2. The van der Waals surface area contributed by atoms with Crippen molar-refractivity contribution in [1.29, 1.82) is 0 Å². The van der Waals surface area contributed by atoms with E-state index in [9.17, 15) is 4.79 Å². The van der Waals surface area contributed by atoms with E-state index in [1.807, 2.05) is 24.3 Å². The SMILES string of the molecule is COc1cc(NC(=O)Cc2ccccc2Br)cc(OC)c1OC. The Labute approximate surface area is 143 Å². The van der Waals surface area contributed by atoms with Gasteiger partial charge in [-0.05, 0) is 11.6 Å². The van der Waals surface area contributed by atoms with Gasteiger partial charge >= 0.3 is 0 Å². The molecule has 0 spiro atoms. The van der Waals surface area contributed by atoms with E-state index < -0.39 is 0 Å². The number of nitrogens with one attached hydrogen (secondary N) is 1. The first-order valence-electron chi connectivity index (χ1n) is 6.92. The van der Waals surface area contributed by atoms with E-state index in [0.29, 0.717) is 22.9 Å². The Bertz CT molecular complexity index is 678. The topological polar surface area (TPSA) is 56.8 Å². The van der Waals surface area contributed by atoms with Crippen molar-refractivity contribution in [2.45, 2.75) is 6.42 Å². The Morgan fingerprint density at radius 1 is 1.04 bits per heavy atom. The molecule has 0 aliphatic carbocycles. The summed E-state index contributed by atoms with van der Waals surface area (Å²) >= 11 is 3.44. The summed E-state index contributed by atoms with van der Waals surface area (Å²) in [5.74, 6) is 1.33. The molecule has 0 fully saturated rings. The molecule has 0 unspecified atom stereocenters. The lowest BCUT2D eigenvalue weighted by molar-refractivity contribution is -0.115. The van der Waals surface area contributed by atoms with Crippen LogP contribution in [0.15, 0.2) is 40.9 Å². The van der Waals surface area contributed by atoms with Crippen LogP contribution in [0.1, 0.15) is 5.56 Å². The van der Waals surface area contributed by atoms with Crippen molar-refractivity contribution >= 4 is 27.5 Å². The van der Waals surface area contributed by atoms with Gasteiger partial charge in [0.05, 0.1) is 27.8 Å². The zero-order chi connectivity index (χ0) is 16.8. The second-order valence-electron chi connectivity index (χ2n) is 4.73. The predicted octanol–water partition coefficient (Wildman–Crippen LogP) is 3.66. The maximum absolute atomic E-state index is 12.2. The van der Waals surface area contributed by atoms with E-state index in [2.05, 4.69) is 21.2 Å². The summed E-state index contributed by atoms with van der Waals surface area (Å²) in [6.45, 7) is 0. The molecule has 1 N–H and O–H groups in total. The highest BCUT2D eigenvalue weighted by Gasteiger charge is 2.15. The highest BCUT2D eigenvalue weighted by molar-refractivity contribution is 9.10. The minimum atomic E-state index is -0.133. The number of amides is 1. The van der Waals surface area contributed by atoms with Crippen LogP contribution in [-0.2, 0) is 11.2 Å². The molecule has 0 aromatic heterocycles. The average molecular weight is 380 g/mol. The number of methoxy groups -OCH3 is 3. The van der Waals surface area contributed by atoms with Gasteiger partial charge in [-0.25, -0.2) is 0 Å². The van der Waals surface area contributed by atoms with E-state index in [1.54, 1.807) is 12.1 Å². The molecule has 122 valence electrons. The summed E-state index contributed by atoms with van der Waals surface area (Å²) in [7, 11) is 4.60. The van der Waals surface area contributed by atoms with Gasteiger partial charge in [-0.2, -0.15) is 0 Å². The molecule has 0 saturated carbocycles. The Morgan fingerprint density at radius 3 is 2.17 bits per heavy atom. The molecule has 5 nitrogen and oxygen atoms in total. The van der Waals surface area contributed by atoms with E-state index in [4.69, 9.17) is 14.2 Å². The molecule has 0 bridgehead atoms. The fraction of sp³-hybridized carbons (Fsp3) is 0.235. The maximum Gasteiger partial charge on any atom is 0.228 e. The molecular formula is C17H18BrNO4. The summed E-state index contributed by atoms with van der Waals surface area (Å²) in [5.41, 5.74) is 1.49. The van der Waals surface area contributed by atoms with Crippen molar-refractivity contribution in [2.24, 2.45) is 0 Å². The number of carbonyl (C=O) groups excluding carboxylic acids is 1. The van der Waals surface area contributed by atoms with Gasteiger partial charge in [-0.15, -0.1) is 0 Å². The van der Waals surface area contributed by atoms with Crippen molar-refractivity contribution < 1.29 is 19.0 Å². The molecule has 0 radical (unpaired) electrons. The zero-order valence-electron chi connectivity index (χ0n) is 13.2. The predicted molar refractivity (Wildman–Crippen MR) is 92.6 cm³/mol. The highest BCUT2D eigenvalue weighted by atomic mass is 79.9. The summed E-state index contributed by atoms with van der Waals surface area (Å²) in [6, 6.07) is 11.0. The molecule has 0 aliphatic rings. The van der Waals surface area contributed by atoms with Gasteiger partial charge in [-0.3, -0.25) is 4.79 Å². The van der Waals surface area contributed by atoms with Crippen LogP contribution in [0.25, 0.3) is 0 Å². The van der Waals surface area contributed by atoms with Crippen molar-refractivity contribution in [1.82, 2.24) is 0 Å². The van der Waals surface area contributed by atoms with Crippen LogP contribution < -0.4 is 19.5 Å². The van der Waals surface area contributed by atoms with Crippen LogP contribution in [0.3, 0.4) is 0 Å². The lowest BCUT2D eigenvalue weighted by atomic mass is 10.1. The number of carbonyl (C=O) groups is 1. The number of hydrogen-bond acceptors (Lipinski definition) is 4. The van der Waals surface area contributed by atoms with Gasteiger partial charge in [-0.1, -0.05) is 34.1 Å². The van der Waals surface area contributed by atoms with Gasteiger partial charge in [0.1, 0.15) is 0 Å². The minimum Gasteiger partial charge on any atom is -0.493 e. The smallest absolute Gasteiger partial charge is 0.228 e. The third-order valence-electron chi connectivity index (χ3n) is 3.26. The fourth-order valence-corrected chi connectivity index (χ4v) is 2.60. The summed E-state index contributed by atoms with van der Waals surface area (Å²) in [5, 5.41) is 2.84. The number of anilines is 1. The van der Waals surface area contributed by atoms with Crippen LogP contribution in [0.4, 0.5) is 5.69 Å². The second-order valence-corrected chi connectivity index (χ2v) is 5.58. The number of ether oxygens (including phenoxy) is 3. The summed E-state index contributed by atoms with van der Waals surface area (Å²) < 4.78 is 16.7. The number of benzene rings is 2. The van der Waals surface area contributed by atoms with Crippen LogP contribution >= 0.6 is 15.9 Å². The van der Waals surface area contributed by atoms with Gasteiger partial charge in [0.2, 0.25) is 11.7 Å². The largest absolute Gasteiger partial charge is 0.493 e. The van der Waals surface area contributed by atoms with Gasteiger partial charge in [0.25, 0.3) is 0 Å². The Balaban J connectivity index is 2.19. The van der Waals surface area contributed by atoms with Gasteiger partial charge in [0.15, 0.2) is 11.5 Å². The van der Waals surface area contributed by atoms with Gasteiger partial charge < -0.3 is 19.5 Å².